The molecule has 1 aliphatic rings. The van der Waals surface area contributed by atoms with Gasteiger partial charge in [-0.25, -0.2) is 0 Å². The van der Waals surface area contributed by atoms with Crippen molar-refractivity contribution in [3.05, 3.63) is 29.3 Å². The molecule has 1 heterocycles. The number of hydrogen-bond acceptors (Lipinski definition) is 3. The lowest BCUT2D eigenvalue weighted by Gasteiger charge is -2.30. The summed E-state index contributed by atoms with van der Waals surface area (Å²) in [5.74, 6) is -0.458. The van der Waals surface area contributed by atoms with Crippen molar-refractivity contribution < 1.29 is 14.6 Å². The van der Waals surface area contributed by atoms with Gasteiger partial charge in [-0.3, -0.25) is 4.79 Å². The Labute approximate surface area is 94.4 Å². The van der Waals surface area contributed by atoms with Gasteiger partial charge in [0.05, 0.1) is 13.0 Å². The van der Waals surface area contributed by atoms with Crippen molar-refractivity contribution in [1.29, 1.82) is 0 Å². The number of likely N-dealkylation sites (N-methyl/N-ethyl adjacent to an activating group) is 1. The second-order valence-electron chi connectivity index (χ2n) is 4.12. The van der Waals surface area contributed by atoms with Gasteiger partial charge in [-0.2, -0.15) is 0 Å². The van der Waals surface area contributed by atoms with Crippen molar-refractivity contribution in [3.63, 3.8) is 0 Å². The highest BCUT2D eigenvalue weighted by atomic mass is 16.5. The lowest BCUT2D eigenvalue weighted by molar-refractivity contribution is -0.139. The molecule has 1 unspecified atom stereocenters. The zero-order chi connectivity index (χ0) is 11.7. The fourth-order valence-corrected chi connectivity index (χ4v) is 2.23. The summed E-state index contributed by atoms with van der Waals surface area (Å²) >= 11 is 0. The van der Waals surface area contributed by atoms with Gasteiger partial charge < -0.3 is 14.7 Å². The van der Waals surface area contributed by atoms with Crippen LogP contribution >= 0.6 is 0 Å². The topological polar surface area (TPSA) is 49.8 Å². The molecule has 0 aromatic heterocycles. The first kappa shape index (κ1) is 11.0. The van der Waals surface area contributed by atoms with E-state index in [0.29, 0.717) is 6.54 Å². The molecule has 0 fully saturated rings. The summed E-state index contributed by atoms with van der Waals surface area (Å²) < 4.78 is 5.27. The Morgan fingerprint density at radius 2 is 2.31 bits per heavy atom. The second kappa shape index (κ2) is 4.14. The number of fused-ring (bicyclic) bond motifs is 1. The van der Waals surface area contributed by atoms with E-state index in [0.717, 1.165) is 23.4 Å². The maximum atomic E-state index is 11.2. The number of benzene rings is 1. The van der Waals surface area contributed by atoms with Crippen molar-refractivity contribution >= 4 is 5.97 Å². The Balaban J connectivity index is 2.51. The van der Waals surface area contributed by atoms with Crippen molar-refractivity contribution in [2.45, 2.75) is 12.5 Å². The Morgan fingerprint density at radius 3 is 2.94 bits per heavy atom. The maximum absolute atomic E-state index is 11.2. The zero-order valence-corrected chi connectivity index (χ0v) is 9.43. The van der Waals surface area contributed by atoms with Gasteiger partial charge in [-0.15, -0.1) is 0 Å². The zero-order valence-electron chi connectivity index (χ0n) is 9.43. The molecule has 1 N–H and O–H groups in total. The summed E-state index contributed by atoms with van der Waals surface area (Å²) in [6, 6.07) is 5.60. The van der Waals surface area contributed by atoms with Crippen molar-refractivity contribution in [3.8, 4) is 5.75 Å². The van der Waals surface area contributed by atoms with E-state index in [-0.39, 0.29) is 0 Å². The standard InChI is InChI=1S/C12H15NO3/c1-13-6-9-8(10(7-13)12(14)15)4-3-5-11(9)16-2/h3-5,10H,6-7H2,1-2H3,(H,14,15). The molecule has 0 spiro atoms. The van der Waals surface area contributed by atoms with Crippen LogP contribution < -0.4 is 4.74 Å². The van der Waals surface area contributed by atoms with Crippen LogP contribution in [0, 0.1) is 0 Å². The third kappa shape index (κ3) is 1.76. The lowest BCUT2D eigenvalue weighted by Crippen LogP contribution is -2.34. The minimum Gasteiger partial charge on any atom is -0.496 e. The largest absolute Gasteiger partial charge is 0.496 e. The van der Waals surface area contributed by atoms with Gasteiger partial charge >= 0.3 is 5.97 Å². The molecule has 4 heteroatoms. The summed E-state index contributed by atoms with van der Waals surface area (Å²) in [5, 5.41) is 9.20. The van der Waals surface area contributed by atoms with Gasteiger partial charge in [0.2, 0.25) is 0 Å². The van der Waals surface area contributed by atoms with Crippen LogP contribution in [0.15, 0.2) is 18.2 Å². The SMILES string of the molecule is COc1cccc2c1CN(C)CC2C(=O)O. The summed E-state index contributed by atoms with van der Waals surface area (Å²) in [4.78, 5) is 13.2. The van der Waals surface area contributed by atoms with E-state index in [9.17, 15) is 9.90 Å². The van der Waals surface area contributed by atoms with E-state index in [1.807, 2.05) is 30.1 Å². The molecule has 0 aliphatic carbocycles. The second-order valence-corrected chi connectivity index (χ2v) is 4.12. The molecule has 4 nitrogen and oxygen atoms in total. The van der Waals surface area contributed by atoms with Crippen molar-refractivity contribution in [1.82, 2.24) is 4.90 Å². The summed E-state index contributed by atoms with van der Waals surface area (Å²) in [6.07, 6.45) is 0. The molecular weight excluding hydrogens is 206 g/mol. The average molecular weight is 221 g/mol. The third-order valence-electron chi connectivity index (χ3n) is 2.98. The average Bonchev–Trinajstić information content (AvgIpc) is 2.27. The van der Waals surface area contributed by atoms with E-state index < -0.39 is 11.9 Å². The van der Waals surface area contributed by atoms with Crippen LogP contribution in [0.1, 0.15) is 17.0 Å². The van der Waals surface area contributed by atoms with Crippen LogP contribution in [-0.2, 0) is 11.3 Å². The monoisotopic (exact) mass is 221 g/mol. The third-order valence-corrected chi connectivity index (χ3v) is 2.98. The Kier molecular flexibility index (Phi) is 2.83. The summed E-state index contributed by atoms with van der Waals surface area (Å²) in [7, 11) is 3.53. The molecule has 86 valence electrons. The molecule has 0 amide bonds. The number of ether oxygens (including phenoxy) is 1. The van der Waals surface area contributed by atoms with Crippen LogP contribution in [0.4, 0.5) is 0 Å². The van der Waals surface area contributed by atoms with Gasteiger partial charge in [0, 0.05) is 18.7 Å². The highest BCUT2D eigenvalue weighted by molar-refractivity contribution is 5.77. The fraction of sp³-hybridized carbons (Fsp3) is 0.417. The number of hydrogen-bond donors (Lipinski definition) is 1. The molecule has 1 aliphatic heterocycles. The Morgan fingerprint density at radius 1 is 1.56 bits per heavy atom. The molecule has 0 saturated heterocycles. The number of carbonyl (C=O) groups is 1. The van der Waals surface area contributed by atoms with Gasteiger partial charge in [0.1, 0.15) is 5.75 Å². The Hall–Kier alpha value is -1.55. The van der Waals surface area contributed by atoms with E-state index in [1.165, 1.54) is 0 Å². The molecular formula is C12H15NO3. The first-order chi connectivity index (χ1) is 7.63. The minimum absolute atomic E-state index is 0.455. The molecule has 1 aromatic rings. The lowest BCUT2D eigenvalue weighted by atomic mass is 9.89. The van der Waals surface area contributed by atoms with Crippen LogP contribution in [0.5, 0.6) is 5.75 Å². The molecule has 2 rings (SSSR count). The quantitative estimate of drug-likeness (QED) is 0.818. The highest BCUT2D eigenvalue weighted by Gasteiger charge is 2.30. The van der Waals surface area contributed by atoms with Gasteiger partial charge in [-0.05, 0) is 18.7 Å². The first-order valence-electron chi connectivity index (χ1n) is 5.20. The maximum Gasteiger partial charge on any atom is 0.312 e. The normalized spacial score (nSPS) is 20.2. The van der Waals surface area contributed by atoms with Crippen LogP contribution in [-0.4, -0.2) is 36.7 Å². The summed E-state index contributed by atoms with van der Waals surface area (Å²) in [6.45, 7) is 1.29. The van der Waals surface area contributed by atoms with Gasteiger partial charge in [0.25, 0.3) is 0 Å². The smallest absolute Gasteiger partial charge is 0.312 e. The summed E-state index contributed by atoms with van der Waals surface area (Å²) in [5.41, 5.74) is 1.87. The predicted octanol–water partition coefficient (Wildman–Crippen LogP) is 1.31. The molecule has 0 saturated carbocycles. The number of aliphatic carboxylic acids is 1. The molecule has 1 atom stereocenters. The van der Waals surface area contributed by atoms with E-state index in [1.54, 1.807) is 7.11 Å². The number of methoxy groups -OCH3 is 1. The number of rotatable bonds is 2. The van der Waals surface area contributed by atoms with E-state index in [4.69, 9.17) is 4.74 Å². The van der Waals surface area contributed by atoms with Gasteiger partial charge in [0.15, 0.2) is 0 Å². The number of carboxylic acid groups (broad SMARTS) is 1. The first-order valence-corrected chi connectivity index (χ1v) is 5.20. The molecule has 0 radical (unpaired) electrons. The predicted molar refractivity (Wildman–Crippen MR) is 59.7 cm³/mol. The van der Waals surface area contributed by atoms with E-state index >= 15 is 0 Å². The minimum atomic E-state index is -0.777. The number of nitrogens with zero attached hydrogens (tertiary/aromatic N) is 1. The van der Waals surface area contributed by atoms with E-state index in [2.05, 4.69) is 0 Å². The van der Waals surface area contributed by atoms with Crippen LogP contribution in [0.2, 0.25) is 0 Å². The van der Waals surface area contributed by atoms with Gasteiger partial charge in [-0.1, -0.05) is 12.1 Å². The molecule has 16 heavy (non-hydrogen) atoms. The highest BCUT2D eigenvalue weighted by Crippen LogP contribution is 2.33. The number of carboxylic acids is 1. The fourth-order valence-electron chi connectivity index (χ4n) is 2.23. The molecule has 1 aromatic carbocycles. The van der Waals surface area contributed by atoms with Crippen LogP contribution in [0.3, 0.4) is 0 Å². The van der Waals surface area contributed by atoms with Crippen molar-refractivity contribution in [2.24, 2.45) is 0 Å². The molecule has 0 bridgehead atoms. The van der Waals surface area contributed by atoms with Crippen LogP contribution in [0.25, 0.3) is 0 Å². The Bertz CT molecular complexity index is 417. The van der Waals surface area contributed by atoms with Crippen molar-refractivity contribution in [2.75, 3.05) is 20.7 Å².